The van der Waals surface area contributed by atoms with Gasteiger partial charge in [0.1, 0.15) is 5.69 Å². The van der Waals surface area contributed by atoms with Gasteiger partial charge in [-0.1, -0.05) is 6.07 Å². The van der Waals surface area contributed by atoms with E-state index in [1.54, 1.807) is 36.5 Å². The number of aromatic nitrogens is 2. The third-order valence-electron chi connectivity index (χ3n) is 2.17. The van der Waals surface area contributed by atoms with Crippen LogP contribution in [-0.4, -0.2) is 21.0 Å². The summed E-state index contributed by atoms with van der Waals surface area (Å²) in [6.45, 7) is 1.82. The second-order valence-electron chi connectivity index (χ2n) is 3.37. The van der Waals surface area contributed by atoms with E-state index in [2.05, 4.69) is 9.97 Å². The van der Waals surface area contributed by atoms with E-state index in [9.17, 15) is 4.79 Å². The molecule has 4 nitrogen and oxygen atoms in total. The van der Waals surface area contributed by atoms with Gasteiger partial charge in [0.2, 0.25) is 0 Å². The van der Waals surface area contributed by atoms with Gasteiger partial charge in [0.05, 0.1) is 11.3 Å². The molecule has 0 spiro atoms. The molecule has 0 saturated carbocycles. The van der Waals surface area contributed by atoms with Crippen LogP contribution in [0.2, 0.25) is 0 Å². The standard InChI is InChI=1S/C12H10N2O2/c1-8-5-6-9(12(15)16)11(14-8)10-4-2-3-7-13-10/h2-7H,1H3,(H,15,16). The molecule has 0 aliphatic carbocycles. The van der Waals surface area contributed by atoms with Crippen molar-refractivity contribution in [1.82, 2.24) is 9.97 Å². The maximum absolute atomic E-state index is 11.0. The summed E-state index contributed by atoms with van der Waals surface area (Å²) in [6, 6.07) is 8.55. The molecule has 0 atom stereocenters. The summed E-state index contributed by atoms with van der Waals surface area (Å²) >= 11 is 0. The maximum atomic E-state index is 11.0. The highest BCUT2D eigenvalue weighted by Gasteiger charge is 2.13. The highest BCUT2D eigenvalue weighted by Crippen LogP contribution is 2.19. The molecule has 2 rings (SSSR count). The Balaban J connectivity index is 2.63. The van der Waals surface area contributed by atoms with Crippen molar-refractivity contribution in [2.24, 2.45) is 0 Å². The summed E-state index contributed by atoms with van der Waals surface area (Å²) < 4.78 is 0. The second kappa shape index (κ2) is 4.10. The van der Waals surface area contributed by atoms with Crippen molar-refractivity contribution in [2.45, 2.75) is 6.92 Å². The van der Waals surface area contributed by atoms with E-state index in [1.807, 2.05) is 6.92 Å². The molecule has 0 saturated heterocycles. The van der Waals surface area contributed by atoms with Gasteiger partial charge in [-0.3, -0.25) is 9.97 Å². The number of aromatic carboxylic acids is 1. The van der Waals surface area contributed by atoms with Gasteiger partial charge in [0.25, 0.3) is 0 Å². The first-order valence-corrected chi connectivity index (χ1v) is 4.81. The van der Waals surface area contributed by atoms with Crippen molar-refractivity contribution < 1.29 is 9.90 Å². The van der Waals surface area contributed by atoms with Crippen LogP contribution in [0.15, 0.2) is 36.5 Å². The zero-order valence-corrected chi connectivity index (χ0v) is 8.71. The summed E-state index contributed by atoms with van der Waals surface area (Å²) in [7, 11) is 0. The van der Waals surface area contributed by atoms with E-state index in [0.717, 1.165) is 5.69 Å². The molecule has 0 amide bonds. The van der Waals surface area contributed by atoms with Crippen LogP contribution in [0.1, 0.15) is 16.1 Å². The second-order valence-corrected chi connectivity index (χ2v) is 3.37. The molecule has 0 aromatic carbocycles. The van der Waals surface area contributed by atoms with Gasteiger partial charge < -0.3 is 5.11 Å². The summed E-state index contributed by atoms with van der Waals surface area (Å²) in [5.74, 6) is -0.992. The fourth-order valence-electron chi connectivity index (χ4n) is 1.43. The number of carboxylic acid groups (broad SMARTS) is 1. The number of pyridine rings is 2. The van der Waals surface area contributed by atoms with E-state index in [1.165, 1.54) is 0 Å². The van der Waals surface area contributed by atoms with Crippen molar-refractivity contribution in [3.63, 3.8) is 0 Å². The minimum atomic E-state index is -0.992. The Morgan fingerprint density at radius 1 is 1.25 bits per heavy atom. The number of aryl methyl sites for hydroxylation is 1. The van der Waals surface area contributed by atoms with Crippen LogP contribution in [0.25, 0.3) is 11.4 Å². The Kier molecular flexibility index (Phi) is 2.64. The molecule has 1 N–H and O–H groups in total. The van der Waals surface area contributed by atoms with Crippen LogP contribution < -0.4 is 0 Å². The molecule has 0 radical (unpaired) electrons. The zero-order valence-electron chi connectivity index (χ0n) is 8.71. The molecule has 4 heteroatoms. The minimum Gasteiger partial charge on any atom is -0.478 e. The Labute approximate surface area is 92.6 Å². The molecule has 2 aromatic heterocycles. The van der Waals surface area contributed by atoms with Crippen LogP contribution in [0, 0.1) is 6.92 Å². The van der Waals surface area contributed by atoms with Crippen LogP contribution in [0.5, 0.6) is 0 Å². The van der Waals surface area contributed by atoms with Gasteiger partial charge >= 0.3 is 5.97 Å². The largest absolute Gasteiger partial charge is 0.478 e. The SMILES string of the molecule is Cc1ccc(C(=O)O)c(-c2ccccn2)n1. The van der Waals surface area contributed by atoms with Crippen LogP contribution >= 0.6 is 0 Å². The predicted octanol–water partition coefficient (Wildman–Crippen LogP) is 2.15. The monoisotopic (exact) mass is 214 g/mol. The number of hydrogen-bond donors (Lipinski definition) is 1. The molecule has 0 fully saturated rings. The van der Waals surface area contributed by atoms with E-state index in [-0.39, 0.29) is 5.56 Å². The summed E-state index contributed by atoms with van der Waals surface area (Å²) in [6.07, 6.45) is 1.62. The van der Waals surface area contributed by atoms with Gasteiger partial charge in [-0.2, -0.15) is 0 Å². The molecule has 0 unspecified atom stereocenters. The molecule has 0 aliphatic heterocycles. The van der Waals surface area contributed by atoms with Crippen molar-refractivity contribution in [3.8, 4) is 11.4 Å². The van der Waals surface area contributed by atoms with Gasteiger partial charge in [-0.25, -0.2) is 4.79 Å². The number of nitrogens with zero attached hydrogens (tertiary/aromatic N) is 2. The lowest BCUT2D eigenvalue weighted by molar-refractivity contribution is 0.0697. The fraction of sp³-hybridized carbons (Fsp3) is 0.0833. The van der Waals surface area contributed by atoms with E-state index in [4.69, 9.17) is 5.11 Å². The average Bonchev–Trinajstić information content (AvgIpc) is 2.29. The van der Waals surface area contributed by atoms with E-state index < -0.39 is 5.97 Å². The summed E-state index contributed by atoms with van der Waals surface area (Å²) in [5.41, 5.74) is 1.92. The van der Waals surface area contributed by atoms with Gasteiger partial charge in [0.15, 0.2) is 0 Å². The average molecular weight is 214 g/mol. The van der Waals surface area contributed by atoms with Crippen molar-refractivity contribution in [2.75, 3.05) is 0 Å². The Bertz CT molecular complexity index is 524. The number of rotatable bonds is 2. The number of carboxylic acids is 1. The Morgan fingerprint density at radius 2 is 2.06 bits per heavy atom. The fourth-order valence-corrected chi connectivity index (χ4v) is 1.43. The Morgan fingerprint density at radius 3 is 2.69 bits per heavy atom. The molecule has 2 aromatic rings. The summed E-state index contributed by atoms with van der Waals surface area (Å²) in [4.78, 5) is 19.4. The maximum Gasteiger partial charge on any atom is 0.337 e. The summed E-state index contributed by atoms with van der Waals surface area (Å²) in [5, 5.41) is 9.05. The lowest BCUT2D eigenvalue weighted by Gasteiger charge is -2.05. The zero-order chi connectivity index (χ0) is 11.5. The molecular formula is C12H10N2O2. The van der Waals surface area contributed by atoms with Crippen LogP contribution in [-0.2, 0) is 0 Å². The van der Waals surface area contributed by atoms with Crippen molar-refractivity contribution in [1.29, 1.82) is 0 Å². The molecule has 0 bridgehead atoms. The minimum absolute atomic E-state index is 0.171. The Hall–Kier alpha value is -2.23. The van der Waals surface area contributed by atoms with Crippen LogP contribution in [0.4, 0.5) is 0 Å². The van der Waals surface area contributed by atoms with E-state index >= 15 is 0 Å². The highest BCUT2D eigenvalue weighted by molar-refractivity contribution is 5.94. The first-order valence-electron chi connectivity index (χ1n) is 4.81. The first-order chi connectivity index (χ1) is 7.68. The molecule has 0 aliphatic rings. The molecule has 2 heterocycles. The van der Waals surface area contributed by atoms with Gasteiger partial charge in [-0.05, 0) is 31.2 Å². The van der Waals surface area contributed by atoms with E-state index in [0.29, 0.717) is 11.4 Å². The normalized spacial score (nSPS) is 10.1. The number of hydrogen-bond acceptors (Lipinski definition) is 3. The highest BCUT2D eigenvalue weighted by atomic mass is 16.4. The third kappa shape index (κ3) is 1.91. The lowest BCUT2D eigenvalue weighted by atomic mass is 10.1. The van der Waals surface area contributed by atoms with Gasteiger partial charge in [0, 0.05) is 11.9 Å². The van der Waals surface area contributed by atoms with Gasteiger partial charge in [-0.15, -0.1) is 0 Å². The quantitative estimate of drug-likeness (QED) is 0.831. The lowest BCUT2D eigenvalue weighted by Crippen LogP contribution is -2.03. The number of carbonyl (C=O) groups is 1. The third-order valence-corrected chi connectivity index (χ3v) is 2.17. The smallest absolute Gasteiger partial charge is 0.337 e. The topological polar surface area (TPSA) is 63.1 Å². The van der Waals surface area contributed by atoms with Crippen molar-refractivity contribution in [3.05, 3.63) is 47.8 Å². The molecule has 16 heavy (non-hydrogen) atoms. The van der Waals surface area contributed by atoms with Crippen molar-refractivity contribution >= 4 is 5.97 Å². The van der Waals surface area contributed by atoms with Crippen LogP contribution in [0.3, 0.4) is 0 Å². The first kappa shape index (κ1) is 10.3. The molecule has 80 valence electrons. The molecular weight excluding hydrogens is 204 g/mol. The predicted molar refractivity (Wildman–Crippen MR) is 59.2 cm³/mol.